The molecular weight excluding hydrogens is 409 g/mol. The summed E-state index contributed by atoms with van der Waals surface area (Å²) in [7, 11) is 0. The number of aromatic nitrogens is 4. The zero-order chi connectivity index (χ0) is 14.9. The Balaban J connectivity index is 1.85. The molecule has 0 saturated heterocycles. The molecule has 2 aliphatic rings. The smallest absolute Gasteiger partial charge is 0.226 e. The second-order valence-electron chi connectivity index (χ2n) is 5.81. The lowest BCUT2D eigenvalue weighted by Crippen LogP contribution is -2.34. The molecule has 2 heterocycles. The number of aliphatic hydroxyl groups is 2. The molecule has 0 radical (unpaired) electrons. The Bertz CT molecular complexity index is 740. The number of nitrogen functional groups attached to an aromatic ring is 1. The maximum Gasteiger partial charge on any atom is 0.226 e. The molecule has 112 valence electrons. The highest BCUT2D eigenvalue weighted by Crippen LogP contribution is 2.68. The minimum absolute atomic E-state index is 0.0470. The SMILES string of the molecule is Nc1nc(Cl)nc2c1ncn2C1C(O)C(O)C2(CI)CC12. The van der Waals surface area contributed by atoms with Gasteiger partial charge in [-0.05, 0) is 23.9 Å². The van der Waals surface area contributed by atoms with Gasteiger partial charge in [-0.25, -0.2) is 4.98 Å². The van der Waals surface area contributed by atoms with Crippen LogP contribution in [0.2, 0.25) is 5.28 Å². The molecule has 2 aromatic heterocycles. The second kappa shape index (κ2) is 4.40. The third-order valence-corrected chi connectivity index (χ3v) is 6.43. The van der Waals surface area contributed by atoms with Crippen LogP contribution < -0.4 is 5.73 Å². The fourth-order valence-corrected chi connectivity index (χ4v) is 5.14. The van der Waals surface area contributed by atoms with Crippen molar-refractivity contribution >= 4 is 51.2 Å². The number of imidazole rings is 1. The van der Waals surface area contributed by atoms with Crippen molar-refractivity contribution in [2.24, 2.45) is 11.3 Å². The quantitative estimate of drug-likeness (QED) is 0.375. The Hall–Kier alpha value is -0.710. The van der Waals surface area contributed by atoms with Crippen molar-refractivity contribution in [1.82, 2.24) is 19.5 Å². The van der Waals surface area contributed by atoms with Crippen LogP contribution in [0.5, 0.6) is 0 Å². The Morgan fingerprint density at radius 3 is 2.90 bits per heavy atom. The molecule has 9 heteroatoms. The van der Waals surface area contributed by atoms with Gasteiger partial charge in [-0.3, -0.25) is 0 Å². The van der Waals surface area contributed by atoms with Gasteiger partial charge in [0.25, 0.3) is 0 Å². The largest absolute Gasteiger partial charge is 0.390 e. The summed E-state index contributed by atoms with van der Waals surface area (Å²) in [5.74, 6) is 0.430. The van der Waals surface area contributed by atoms with Crippen molar-refractivity contribution in [3.05, 3.63) is 11.6 Å². The first kappa shape index (κ1) is 13.9. The van der Waals surface area contributed by atoms with Gasteiger partial charge in [0.05, 0.1) is 18.5 Å². The number of hydrogen-bond acceptors (Lipinski definition) is 6. The van der Waals surface area contributed by atoms with E-state index in [1.54, 1.807) is 10.9 Å². The van der Waals surface area contributed by atoms with Gasteiger partial charge in [0.15, 0.2) is 11.5 Å². The van der Waals surface area contributed by atoms with Crippen LogP contribution >= 0.6 is 34.2 Å². The molecule has 21 heavy (non-hydrogen) atoms. The maximum atomic E-state index is 10.4. The predicted octanol–water partition coefficient (Wildman–Crippen LogP) is 0.780. The van der Waals surface area contributed by atoms with E-state index >= 15 is 0 Å². The lowest BCUT2D eigenvalue weighted by molar-refractivity contribution is -0.0121. The van der Waals surface area contributed by atoms with Gasteiger partial charge < -0.3 is 20.5 Å². The van der Waals surface area contributed by atoms with Crippen molar-refractivity contribution in [3.63, 3.8) is 0 Å². The average Bonchev–Trinajstić information content (AvgIpc) is 2.97. The summed E-state index contributed by atoms with van der Waals surface area (Å²) >= 11 is 8.14. The zero-order valence-corrected chi connectivity index (χ0v) is 13.7. The number of hydrogen-bond donors (Lipinski definition) is 3. The Morgan fingerprint density at radius 2 is 2.24 bits per heavy atom. The highest BCUT2D eigenvalue weighted by Gasteiger charge is 2.70. The van der Waals surface area contributed by atoms with Crippen molar-refractivity contribution in [1.29, 1.82) is 0 Å². The molecular formula is C12H13ClIN5O2. The zero-order valence-electron chi connectivity index (χ0n) is 10.8. The molecule has 4 rings (SSSR count). The monoisotopic (exact) mass is 421 g/mol. The average molecular weight is 422 g/mol. The lowest BCUT2D eigenvalue weighted by atomic mass is 10.0. The van der Waals surface area contributed by atoms with Gasteiger partial charge in [-0.2, -0.15) is 9.97 Å². The van der Waals surface area contributed by atoms with E-state index in [-0.39, 0.29) is 28.5 Å². The van der Waals surface area contributed by atoms with Gasteiger partial charge >= 0.3 is 0 Å². The number of alkyl halides is 1. The van der Waals surface area contributed by atoms with Crippen molar-refractivity contribution in [2.75, 3.05) is 10.2 Å². The van der Waals surface area contributed by atoms with Crippen LogP contribution in [-0.2, 0) is 0 Å². The number of aliphatic hydroxyl groups excluding tert-OH is 2. The van der Waals surface area contributed by atoms with E-state index in [1.807, 2.05) is 0 Å². The third-order valence-electron chi connectivity index (χ3n) is 4.84. The van der Waals surface area contributed by atoms with Crippen LogP contribution in [0.15, 0.2) is 6.33 Å². The summed E-state index contributed by atoms with van der Waals surface area (Å²) in [6.45, 7) is 0. The minimum Gasteiger partial charge on any atom is -0.390 e. The van der Waals surface area contributed by atoms with Crippen LogP contribution in [0.25, 0.3) is 11.2 Å². The van der Waals surface area contributed by atoms with E-state index < -0.39 is 12.2 Å². The van der Waals surface area contributed by atoms with Crippen molar-refractivity contribution in [3.8, 4) is 0 Å². The minimum atomic E-state index is -0.842. The van der Waals surface area contributed by atoms with Gasteiger partial charge in [-0.15, -0.1) is 0 Å². The maximum absolute atomic E-state index is 10.4. The number of nitrogens with zero attached hydrogens (tertiary/aromatic N) is 4. The van der Waals surface area contributed by atoms with Crippen molar-refractivity contribution < 1.29 is 10.2 Å². The molecule has 2 fully saturated rings. The number of halogens is 2. The third kappa shape index (κ3) is 1.70. The highest BCUT2D eigenvalue weighted by atomic mass is 127. The van der Waals surface area contributed by atoms with E-state index in [2.05, 4.69) is 37.5 Å². The van der Waals surface area contributed by atoms with E-state index in [4.69, 9.17) is 17.3 Å². The summed E-state index contributed by atoms with van der Waals surface area (Å²) in [5.41, 5.74) is 6.58. The van der Waals surface area contributed by atoms with Gasteiger partial charge in [0.1, 0.15) is 11.6 Å². The standard InChI is InChI=1S/C12H13ClIN5O2/c13-11-17-9(15)5-10(18-11)19(3-16-5)6-4-1-12(4,2-14)8(21)7(6)20/h3-4,6-8,20-21H,1-2H2,(H2,15,17,18). The van der Waals surface area contributed by atoms with Gasteiger partial charge in [0.2, 0.25) is 5.28 Å². The first-order valence-electron chi connectivity index (χ1n) is 6.57. The van der Waals surface area contributed by atoms with Crippen LogP contribution in [0, 0.1) is 11.3 Å². The van der Waals surface area contributed by atoms with E-state index in [0.29, 0.717) is 11.2 Å². The predicted molar refractivity (Wildman–Crippen MR) is 85.2 cm³/mol. The Morgan fingerprint density at radius 1 is 1.48 bits per heavy atom. The number of rotatable bonds is 2. The summed E-state index contributed by atoms with van der Waals surface area (Å²) in [5, 5.41) is 20.8. The summed E-state index contributed by atoms with van der Waals surface area (Å²) in [6.07, 6.45) is 0.920. The van der Waals surface area contributed by atoms with Crippen LogP contribution in [-0.4, -0.2) is 46.4 Å². The normalized spacial score (nSPS) is 37.9. The number of anilines is 1. The molecule has 2 saturated carbocycles. The molecule has 2 aromatic rings. The lowest BCUT2D eigenvalue weighted by Gasteiger charge is -2.23. The molecule has 5 unspecified atom stereocenters. The van der Waals surface area contributed by atoms with Crippen LogP contribution in [0.4, 0.5) is 5.82 Å². The van der Waals surface area contributed by atoms with Crippen LogP contribution in [0.3, 0.4) is 0 Å². The van der Waals surface area contributed by atoms with Gasteiger partial charge in [-0.1, -0.05) is 22.6 Å². The highest BCUT2D eigenvalue weighted by molar-refractivity contribution is 14.1. The topological polar surface area (TPSA) is 110 Å². The first-order valence-corrected chi connectivity index (χ1v) is 8.47. The van der Waals surface area contributed by atoms with Crippen LogP contribution in [0.1, 0.15) is 12.5 Å². The molecule has 0 bridgehead atoms. The number of fused-ring (bicyclic) bond motifs is 2. The fourth-order valence-electron chi connectivity index (χ4n) is 3.64. The molecule has 0 amide bonds. The molecule has 2 aliphatic carbocycles. The van der Waals surface area contributed by atoms with Crippen molar-refractivity contribution in [2.45, 2.75) is 24.7 Å². The molecule has 0 aromatic carbocycles. The Labute approximate surface area is 138 Å². The summed E-state index contributed by atoms with van der Waals surface area (Å²) in [6, 6.07) is -0.259. The fraction of sp³-hybridized carbons (Fsp3) is 0.583. The van der Waals surface area contributed by atoms with E-state index in [9.17, 15) is 10.2 Å². The second-order valence-corrected chi connectivity index (χ2v) is 6.91. The number of nitrogens with two attached hydrogens (primary N) is 1. The Kier molecular flexibility index (Phi) is 2.92. The van der Waals surface area contributed by atoms with E-state index in [0.717, 1.165) is 10.8 Å². The molecule has 7 nitrogen and oxygen atoms in total. The summed E-state index contributed by atoms with van der Waals surface area (Å²) < 4.78 is 2.59. The molecule has 0 aliphatic heterocycles. The molecule has 5 atom stereocenters. The van der Waals surface area contributed by atoms with E-state index in [1.165, 1.54) is 0 Å². The first-order chi connectivity index (χ1) is 9.99. The summed E-state index contributed by atoms with van der Waals surface area (Å²) in [4.78, 5) is 12.3. The molecule has 4 N–H and O–H groups in total. The molecule has 0 spiro atoms. The van der Waals surface area contributed by atoms with Gasteiger partial charge in [0, 0.05) is 9.84 Å².